The van der Waals surface area contributed by atoms with Crippen molar-refractivity contribution in [3.05, 3.63) is 53.3 Å². The highest BCUT2D eigenvalue weighted by molar-refractivity contribution is 5.97. The van der Waals surface area contributed by atoms with E-state index in [1.807, 2.05) is 23.1 Å². The second kappa shape index (κ2) is 6.82. The van der Waals surface area contributed by atoms with Gasteiger partial charge in [-0.1, -0.05) is 37.3 Å². The van der Waals surface area contributed by atoms with Crippen LogP contribution in [0.25, 0.3) is 0 Å². The first-order valence-electron chi connectivity index (χ1n) is 9.15. The molecule has 1 saturated heterocycles. The van der Waals surface area contributed by atoms with Gasteiger partial charge in [-0.25, -0.2) is 9.97 Å². The zero-order chi connectivity index (χ0) is 17.2. The molecule has 0 radical (unpaired) electrons. The third-order valence-corrected chi connectivity index (χ3v) is 5.17. The molecule has 1 aromatic carbocycles. The van der Waals surface area contributed by atoms with Crippen molar-refractivity contribution in [2.24, 2.45) is 5.92 Å². The molecule has 2 aromatic rings. The Balaban J connectivity index is 1.45. The Hall–Kier alpha value is -2.43. The minimum absolute atomic E-state index is 0.0597. The van der Waals surface area contributed by atoms with Gasteiger partial charge in [-0.05, 0) is 30.7 Å². The van der Waals surface area contributed by atoms with Crippen molar-refractivity contribution in [1.82, 2.24) is 14.9 Å². The lowest BCUT2D eigenvalue weighted by molar-refractivity contribution is 0.0780. The Morgan fingerprint density at radius 2 is 2.08 bits per heavy atom. The summed E-state index contributed by atoms with van der Waals surface area (Å²) in [6, 6.07) is 10.3. The maximum absolute atomic E-state index is 12.6. The minimum atomic E-state index is 0.0597. The largest absolute Gasteiger partial charge is 0.341 e. The van der Waals surface area contributed by atoms with Crippen molar-refractivity contribution < 1.29 is 4.79 Å². The van der Waals surface area contributed by atoms with Gasteiger partial charge in [-0.2, -0.15) is 0 Å². The van der Waals surface area contributed by atoms with Crippen LogP contribution < -0.4 is 4.90 Å². The molecule has 3 heterocycles. The monoisotopic (exact) mass is 336 g/mol. The second-order valence-corrected chi connectivity index (χ2v) is 7.19. The molecule has 1 fully saturated rings. The lowest BCUT2D eigenvalue weighted by Gasteiger charge is -2.30. The molecule has 130 valence electrons. The van der Waals surface area contributed by atoms with E-state index in [9.17, 15) is 4.79 Å². The fraction of sp³-hybridized carbons (Fsp3) is 0.450. The number of nitrogens with zero attached hydrogens (tertiary/aromatic N) is 4. The first-order chi connectivity index (χ1) is 12.2. The van der Waals surface area contributed by atoms with Gasteiger partial charge in [0, 0.05) is 25.8 Å². The highest BCUT2D eigenvalue weighted by Crippen LogP contribution is 2.25. The number of aromatic nitrogens is 2. The van der Waals surface area contributed by atoms with E-state index in [1.165, 1.54) is 18.4 Å². The Labute approximate surface area is 148 Å². The number of carbonyl (C=O) groups is 1. The van der Waals surface area contributed by atoms with Crippen LogP contribution in [-0.2, 0) is 13.0 Å². The quantitative estimate of drug-likeness (QED) is 0.861. The van der Waals surface area contributed by atoms with Crippen molar-refractivity contribution in [1.29, 1.82) is 0 Å². The third-order valence-electron chi connectivity index (χ3n) is 5.17. The number of anilines is 1. The van der Waals surface area contributed by atoms with Crippen LogP contribution in [0.5, 0.6) is 0 Å². The maximum atomic E-state index is 12.6. The Morgan fingerprint density at radius 1 is 1.24 bits per heavy atom. The maximum Gasteiger partial charge on any atom is 0.257 e. The molecule has 0 spiro atoms. The van der Waals surface area contributed by atoms with Crippen molar-refractivity contribution >= 4 is 11.9 Å². The van der Waals surface area contributed by atoms with Crippen LogP contribution in [0.15, 0.2) is 36.5 Å². The molecule has 1 atom stereocenters. The van der Waals surface area contributed by atoms with Crippen molar-refractivity contribution in [2.75, 3.05) is 24.5 Å². The number of amides is 1. The van der Waals surface area contributed by atoms with Crippen LogP contribution >= 0.6 is 0 Å². The SMILES string of the molecule is CC1CCCN(c2ncc3c(n2)CN(CCc2ccccc2)C3=O)C1. The molecule has 5 nitrogen and oxygen atoms in total. The number of piperidine rings is 1. The Morgan fingerprint density at radius 3 is 2.88 bits per heavy atom. The topological polar surface area (TPSA) is 49.3 Å². The van der Waals surface area contributed by atoms with E-state index >= 15 is 0 Å². The van der Waals surface area contributed by atoms with Gasteiger partial charge in [-0.3, -0.25) is 4.79 Å². The van der Waals surface area contributed by atoms with Crippen molar-refractivity contribution in [3.8, 4) is 0 Å². The normalized spacial score (nSPS) is 20.0. The lowest BCUT2D eigenvalue weighted by Crippen LogP contribution is -2.35. The van der Waals surface area contributed by atoms with E-state index in [1.54, 1.807) is 6.20 Å². The minimum Gasteiger partial charge on any atom is -0.341 e. The average Bonchev–Trinajstić information content (AvgIpc) is 2.96. The van der Waals surface area contributed by atoms with E-state index in [2.05, 4.69) is 28.9 Å². The van der Waals surface area contributed by atoms with Gasteiger partial charge in [0.25, 0.3) is 5.91 Å². The molecule has 0 bridgehead atoms. The number of hydrogen-bond donors (Lipinski definition) is 0. The summed E-state index contributed by atoms with van der Waals surface area (Å²) in [5, 5.41) is 0. The lowest BCUT2D eigenvalue weighted by atomic mass is 10.0. The van der Waals surface area contributed by atoms with E-state index in [4.69, 9.17) is 4.98 Å². The van der Waals surface area contributed by atoms with Gasteiger partial charge in [-0.15, -0.1) is 0 Å². The Bertz CT molecular complexity index is 762. The van der Waals surface area contributed by atoms with Crippen LogP contribution in [0.2, 0.25) is 0 Å². The molecule has 0 saturated carbocycles. The van der Waals surface area contributed by atoms with Crippen LogP contribution in [0.3, 0.4) is 0 Å². The van der Waals surface area contributed by atoms with Crippen LogP contribution in [0.4, 0.5) is 5.95 Å². The van der Waals surface area contributed by atoms with E-state index in [0.29, 0.717) is 18.0 Å². The molecule has 2 aliphatic rings. The van der Waals surface area contributed by atoms with Crippen molar-refractivity contribution in [3.63, 3.8) is 0 Å². The van der Waals surface area contributed by atoms with Gasteiger partial charge >= 0.3 is 0 Å². The Kier molecular flexibility index (Phi) is 4.38. The summed E-state index contributed by atoms with van der Waals surface area (Å²) >= 11 is 0. The standard InChI is InChI=1S/C20H24N4O/c1-15-6-5-10-24(13-15)20-21-12-17-18(22-20)14-23(19(17)25)11-9-16-7-3-2-4-8-16/h2-4,7-8,12,15H,5-6,9-11,13-14H2,1H3. The summed E-state index contributed by atoms with van der Waals surface area (Å²) in [6.07, 6.45) is 5.04. The molecule has 1 aromatic heterocycles. The fourth-order valence-electron chi connectivity index (χ4n) is 3.74. The summed E-state index contributed by atoms with van der Waals surface area (Å²) in [5.41, 5.74) is 2.79. The summed E-state index contributed by atoms with van der Waals surface area (Å²) < 4.78 is 0. The molecular formula is C20H24N4O. The van der Waals surface area contributed by atoms with Gasteiger partial charge in [0.05, 0.1) is 17.8 Å². The molecule has 0 aliphatic carbocycles. The highest BCUT2D eigenvalue weighted by atomic mass is 16.2. The average molecular weight is 336 g/mol. The second-order valence-electron chi connectivity index (χ2n) is 7.19. The van der Waals surface area contributed by atoms with Crippen LogP contribution in [0, 0.1) is 5.92 Å². The summed E-state index contributed by atoms with van der Waals surface area (Å²) in [7, 11) is 0. The van der Waals surface area contributed by atoms with E-state index < -0.39 is 0 Å². The summed E-state index contributed by atoms with van der Waals surface area (Å²) in [4.78, 5) is 25.9. The van der Waals surface area contributed by atoms with Gasteiger partial charge in [0.2, 0.25) is 5.95 Å². The predicted octanol–water partition coefficient (Wildman–Crippen LogP) is 2.91. The number of fused-ring (bicyclic) bond motifs is 1. The fourth-order valence-corrected chi connectivity index (χ4v) is 3.74. The summed E-state index contributed by atoms with van der Waals surface area (Å²) in [6.45, 7) is 5.60. The summed E-state index contributed by atoms with van der Waals surface area (Å²) in [5.74, 6) is 1.52. The first kappa shape index (κ1) is 16.1. The molecule has 2 aliphatic heterocycles. The zero-order valence-corrected chi connectivity index (χ0v) is 14.7. The van der Waals surface area contributed by atoms with Crippen molar-refractivity contribution in [2.45, 2.75) is 32.7 Å². The molecule has 0 N–H and O–H groups in total. The molecule has 1 unspecified atom stereocenters. The van der Waals surface area contributed by atoms with Crippen LogP contribution in [-0.4, -0.2) is 40.4 Å². The first-order valence-corrected chi connectivity index (χ1v) is 9.15. The van der Waals surface area contributed by atoms with E-state index in [0.717, 1.165) is 37.7 Å². The van der Waals surface area contributed by atoms with Crippen LogP contribution in [0.1, 0.15) is 41.4 Å². The molecule has 4 rings (SSSR count). The molecule has 5 heteroatoms. The number of carbonyl (C=O) groups excluding carboxylic acids is 1. The number of benzene rings is 1. The molecule has 1 amide bonds. The van der Waals surface area contributed by atoms with Gasteiger partial charge in [0.1, 0.15) is 0 Å². The number of hydrogen-bond acceptors (Lipinski definition) is 4. The van der Waals surface area contributed by atoms with E-state index in [-0.39, 0.29) is 5.91 Å². The smallest absolute Gasteiger partial charge is 0.257 e. The molecular weight excluding hydrogens is 312 g/mol. The van der Waals surface area contributed by atoms with Gasteiger partial charge < -0.3 is 9.80 Å². The van der Waals surface area contributed by atoms with Gasteiger partial charge in [0.15, 0.2) is 0 Å². The number of rotatable bonds is 4. The highest BCUT2D eigenvalue weighted by Gasteiger charge is 2.30. The third kappa shape index (κ3) is 3.36. The zero-order valence-electron chi connectivity index (χ0n) is 14.7. The predicted molar refractivity (Wildman–Crippen MR) is 97.5 cm³/mol. The molecule has 25 heavy (non-hydrogen) atoms.